The van der Waals surface area contributed by atoms with E-state index in [1.165, 1.54) is 32.4 Å². The minimum Gasteiger partial charge on any atom is -0.330 e. The summed E-state index contributed by atoms with van der Waals surface area (Å²) in [6.07, 6.45) is 4.20. The van der Waals surface area contributed by atoms with Gasteiger partial charge in [-0.15, -0.1) is 0 Å². The van der Waals surface area contributed by atoms with Crippen molar-refractivity contribution in [2.75, 3.05) is 19.6 Å². The minimum atomic E-state index is 0.750. The Kier molecular flexibility index (Phi) is 3.13. The van der Waals surface area contributed by atoms with Crippen molar-refractivity contribution in [3.8, 4) is 0 Å². The Bertz CT molecular complexity index is 187. The standard InChI is InChI=1S/C12H24N2/c1-9-5-12(6-9)14-4-3-10(2)11(7-13)8-14/h9-12H,3-8,13H2,1-2H3. The molecule has 2 unspecified atom stereocenters. The van der Waals surface area contributed by atoms with Crippen LogP contribution in [0.4, 0.5) is 0 Å². The highest BCUT2D eigenvalue weighted by molar-refractivity contribution is 4.89. The average molecular weight is 196 g/mol. The molecule has 0 bridgehead atoms. The Hall–Kier alpha value is -0.0800. The summed E-state index contributed by atoms with van der Waals surface area (Å²) in [5.41, 5.74) is 5.82. The highest BCUT2D eigenvalue weighted by atomic mass is 15.2. The van der Waals surface area contributed by atoms with Crippen molar-refractivity contribution in [1.29, 1.82) is 0 Å². The highest BCUT2D eigenvalue weighted by Gasteiger charge is 2.34. The fourth-order valence-corrected chi connectivity index (χ4v) is 2.97. The summed E-state index contributed by atoms with van der Waals surface area (Å²) in [6, 6.07) is 0.895. The largest absolute Gasteiger partial charge is 0.330 e. The Morgan fingerprint density at radius 1 is 1.29 bits per heavy atom. The first-order chi connectivity index (χ1) is 6.70. The number of hydrogen-bond donors (Lipinski definition) is 1. The highest BCUT2D eigenvalue weighted by Crippen LogP contribution is 2.34. The molecule has 0 amide bonds. The van der Waals surface area contributed by atoms with Gasteiger partial charge in [0.25, 0.3) is 0 Å². The fraction of sp³-hybridized carbons (Fsp3) is 1.00. The predicted octanol–water partition coefficient (Wildman–Crippen LogP) is 1.70. The van der Waals surface area contributed by atoms with E-state index in [1.54, 1.807) is 0 Å². The third-order valence-corrected chi connectivity index (χ3v) is 4.31. The van der Waals surface area contributed by atoms with Gasteiger partial charge in [-0.2, -0.15) is 0 Å². The molecule has 2 heteroatoms. The molecule has 2 N–H and O–H groups in total. The molecule has 2 atom stereocenters. The zero-order valence-electron chi connectivity index (χ0n) is 9.58. The van der Waals surface area contributed by atoms with Crippen molar-refractivity contribution in [1.82, 2.24) is 4.90 Å². The van der Waals surface area contributed by atoms with Gasteiger partial charge in [-0.25, -0.2) is 0 Å². The summed E-state index contributed by atoms with van der Waals surface area (Å²) in [5, 5.41) is 0. The summed E-state index contributed by atoms with van der Waals surface area (Å²) in [7, 11) is 0. The van der Waals surface area contributed by atoms with Crippen molar-refractivity contribution in [3.63, 3.8) is 0 Å². The van der Waals surface area contributed by atoms with Gasteiger partial charge in [0.05, 0.1) is 0 Å². The van der Waals surface area contributed by atoms with Crippen LogP contribution in [0.1, 0.15) is 33.1 Å². The van der Waals surface area contributed by atoms with Gasteiger partial charge in [0.15, 0.2) is 0 Å². The van der Waals surface area contributed by atoms with Crippen LogP contribution in [0.15, 0.2) is 0 Å². The molecule has 1 saturated heterocycles. The second kappa shape index (κ2) is 4.19. The molecular weight excluding hydrogens is 172 g/mol. The molecule has 2 fully saturated rings. The lowest BCUT2D eigenvalue weighted by Crippen LogP contribution is -2.51. The van der Waals surface area contributed by atoms with Crippen molar-refractivity contribution in [3.05, 3.63) is 0 Å². The molecule has 1 aliphatic carbocycles. The second-order valence-electron chi connectivity index (χ2n) is 5.49. The Labute approximate surface area is 87.8 Å². The molecular formula is C12H24N2. The Morgan fingerprint density at radius 2 is 2.00 bits per heavy atom. The van der Waals surface area contributed by atoms with Crippen LogP contribution < -0.4 is 5.73 Å². The molecule has 1 heterocycles. The van der Waals surface area contributed by atoms with E-state index in [2.05, 4.69) is 18.7 Å². The van der Waals surface area contributed by atoms with Crippen molar-refractivity contribution < 1.29 is 0 Å². The molecule has 0 spiro atoms. The van der Waals surface area contributed by atoms with Crippen LogP contribution in [0.2, 0.25) is 0 Å². The average Bonchev–Trinajstić information content (AvgIpc) is 2.14. The summed E-state index contributed by atoms with van der Waals surface area (Å²) >= 11 is 0. The van der Waals surface area contributed by atoms with Crippen LogP contribution in [0.3, 0.4) is 0 Å². The molecule has 2 aliphatic rings. The Morgan fingerprint density at radius 3 is 2.57 bits per heavy atom. The van der Waals surface area contributed by atoms with Gasteiger partial charge in [-0.3, -0.25) is 0 Å². The first kappa shape index (κ1) is 10.4. The van der Waals surface area contributed by atoms with Crippen LogP contribution in [0, 0.1) is 17.8 Å². The van der Waals surface area contributed by atoms with E-state index in [4.69, 9.17) is 5.73 Å². The number of nitrogens with zero attached hydrogens (tertiary/aromatic N) is 1. The number of piperidine rings is 1. The van der Waals surface area contributed by atoms with E-state index in [-0.39, 0.29) is 0 Å². The van der Waals surface area contributed by atoms with Gasteiger partial charge in [-0.05, 0) is 50.1 Å². The SMILES string of the molecule is CC1CC(N2CCC(C)C(CN)C2)C1. The lowest BCUT2D eigenvalue weighted by Gasteiger charge is -2.46. The van der Waals surface area contributed by atoms with E-state index in [1.807, 2.05) is 0 Å². The van der Waals surface area contributed by atoms with Crippen molar-refractivity contribution >= 4 is 0 Å². The molecule has 2 nitrogen and oxygen atoms in total. The van der Waals surface area contributed by atoms with Gasteiger partial charge in [0.2, 0.25) is 0 Å². The third-order valence-electron chi connectivity index (χ3n) is 4.31. The normalized spacial score (nSPS) is 44.8. The maximum atomic E-state index is 5.82. The lowest BCUT2D eigenvalue weighted by atomic mass is 9.78. The van der Waals surface area contributed by atoms with E-state index < -0.39 is 0 Å². The van der Waals surface area contributed by atoms with Crippen LogP contribution in [0.5, 0.6) is 0 Å². The summed E-state index contributed by atoms with van der Waals surface area (Å²) in [5.74, 6) is 2.56. The minimum absolute atomic E-state index is 0.750. The first-order valence-corrected chi connectivity index (χ1v) is 6.14. The van der Waals surface area contributed by atoms with Crippen LogP contribution in [-0.4, -0.2) is 30.6 Å². The lowest BCUT2D eigenvalue weighted by molar-refractivity contribution is 0.0311. The third kappa shape index (κ3) is 1.96. The second-order valence-corrected chi connectivity index (χ2v) is 5.49. The fourth-order valence-electron chi connectivity index (χ4n) is 2.97. The van der Waals surface area contributed by atoms with Gasteiger partial charge in [-0.1, -0.05) is 13.8 Å². The smallest absolute Gasteiger partial charge is 0.0100 e. The zero-order valence-corrected chi connectivity index (χ0v) is 9.58. The van der Waals surface area contributed by atoms with Crippen LogP contribution in [-0.2, 0) is 0 Å². The molecule has 1 aliphatic heterocycles. The first-order valence-electron chi connectivity index (χ1n) is 6.14. The molecule has 0 radical (unpaired) electrons. The van der Waals surface area contributed by atoms with Crippen LogP contribution >= 0.6 is 0 Å². The summed E-state index contributed by atoms with van der Waals surface area (Å²) in [6.45, 7) is 8.17. The van der Waals surface area contributed by atoms with Gasteiger partial charge in [0.1, 0.15) is 0 Å². The molecule has 82 valence electrons. The Balaban J connectivity index is 1.84. The summed E-state index contributed by atoms with van der Waals surface area (Å²) in [4.78, 5) is 2.69. The maximum Gasteiger partial charge on any atom is 0.0100 e. The summed E-state index contributed by atoms with van der Waals surface area (Å²) < 4.78 is 0. The molecule has 0 aromatic carbocycles. The van der Waals surface area contributed by atoms with Gasteiger partial charge in [0, 0.05) is 12.6 Å². The zero-order chi connectivity index (χ0) is 10.1. The molecule has 2 rings (SSSR count). The van der Waals surface area contributed by atoms with E-state index in [0.717, 1.165) is 30.3 Å². The van der Waals surface area contributed by atoms with Crippen molar-refractivity contribution in [2.24, 2.45) is 23.5 Å². The molecule has 14 heavy (non-hydrogen) atoms. The monoisotopic (exact) mass is 196 g/mol. The molecule has 0 aromatic rings. The van der Waals surface area contributed by atoms with E-state index >= 15 is 0 Å². The predicted molar refractivity (Wildman–Crippen MR) is 60.1 cm³/mol. The molecule has 1 saturated carbocycles. The van der Waals surface area contributed by atoms with E-state index in [9.17, 15) is 0 Å². The number of hydrogen-bond acceptors (Lipinski definition) is 2. The van der Waals surface area contributed by atoms with E-state index in [0.29, 0.717) is 0 Å². The number of rotatable bonds is 2. The topological polar surface area (TPSA) is 29.3 Å². The number of nitrogens with two attached hydrogens (primary N) is 1. The van der Waals surface area contributed by atoms with Gasteiger partial charge >= 0.3 is 0 Å². The molecule has 0 aromatic heterocycles. The quantitative estimate of drug-likeness (QED) is 0.728. The van der Waals surface area contributed by atoms with Crippen molar-refractivity contribution in [2.45, 2.75) is 39.2 Å². The number of likely N-dealkylation sites (tertiary alicyclic amines) is 1. The van der Waals surface area contributed by atoms with Gasteiger partial charge < -0.3 is 10.6 Å². The maximum absolute atomic E-state index is 5.82. The van der Waals surface area contributed by atoms with Crippen LogP contribution in [0.25, 0.3) is 0 Å².